The highest BCUT2D eigenvalue weighted by atomic mass is 19.2. The minimum Gasteiger partial charge on any atom is -0.423 e. The number of carbonyl (C=O) groups excluding carboxylic acids is 6. The van der Waals surface area contributed by atoms with Gasteiger partial charge >= 0.3 is 35.8 Å². The molecule has 20 nitrogen and oxygen atoms in total. The molecule has 0 saturated carbocycles. The number of rotatable bonds is 13. The van der Waals surface area contributed by atoms with Gasteiger partial charge in [0, 0.05) is 48.7 Å². The molecule has 0 atom stereocenters. The molecule has 0 unspecified atom stereocenters. The molecule has 3 aromatic heterocycles. The number of halogens is 30. The molecular weight excluding hydrogens is 1750 g/mol. The van der Waals surface area contributed by atoms with Crippen molar-refractivity contribution in [2.24, 2.45) is 0 Å². The van der Waals surface area contributed by atoms with E-state index in [0.717, 1.165) is 60.8 Å². The van der Waals surface area contributed by atoms with Gasteiger partial charge in [-0.3, -0.25) is 10.1 Å². The van der Waals surface area contributed by atoms with E-state index in [1.165, 1.54) is 42.5 Å². The maximum Gasteiger partial charge on any atom is 0.364 e. The van der Waals surface area contributed by atoms with Crippen molar-refractivity contribution >= 4 is 41.5 Å². The standard InChI is InChI=1S/C13HF9O2.C13H5F5O2.C13H8FNO4.C12H4F5NO2.2C11H3F5N2O2/c14-2-1-3(15)6(17)12(5(2)16)24-13(23)4-7(18)9(20)11(22)10(21)8(4)19;14-7-3-1-6(2-4-7)13(19)20-12-10(17)8(15)5-9(16)11(12)18;14-10-3-1-2-9(8-10)13(16)19-12-6-4-11(5-7-12)15(17)18;13-6-3-7(14)10(17)11(9(6)16)20-12(19)5-1-2-8(15)18-4-5;12-4-1-5(13)9(16)10(8(4)15)20-11(19)6-2-18-7(14)3-17-6;12-4-3-5(13)9(16)10(8(4)15)20-11(19)6-1-2-7(14)18-17-6/h1H;1-5H;1-8H;1-4H;2*1-3H/i22-1;2*14-1;15-1;2*14-1. The van der Waals surface area contributed by atoms with Gasteiger partial charge in [0.2, 0.25) is 111 Å². The van der Waals surface area contributed by atoms with Crippen molar-refractivity contribution in [3.8, 4) is 34.5 Å². The summed E-state index contributed by atoms with van der Waals surface area (Å²) < 4.78 is 415. The average molecular weight is 1770 g/mol. The monoisotopic (exact) mass is 1770 g/mol. The predicted octanol–water partition coefficient (Wildman–Crippen LogP) is 18.5. The fourth-order valence-electron chi connectivity index (χ4n) is 8.07. The van der Waals surface area contributed by atoms with Crippen LogP contribution in [0.1, 0.15) is 62.4 Å². The van der Waals surface area contributed by atoms with Crippen LogP contribution in [0, 0.1) is 185 Å². The van der Waals surface area contributed by atoms with Crippen LogP contribution in [0.4, 0.5) is 137 Å². The summed E-state index contributed by atoms with van der Waals surface area (Å²) in [5.41, 5.74) is -4.03. The number of non-ortho nitro benzene ring substituents is 1. The number of benzene rings is 9. The number of hydrogen-bond donors (Lipinski definition) is 0. The Morgan fingerprint density at radius 1 is 0.260 bits per heavy atom. The van der Waals surface area contributed by atoms with Crippen LogP contribution in [0.5, 0.6) is 34.5 Å². The number of nitro groups is 1. The normalized spacial score (nSPS) is 10.5. The van der Waals surface area contributed by atoms with Crippen LogP contribution in [0.2, 0.25) is 0 Å². The van der Waals surface area contributed by atoms with E-state index in [2.05, 4.69) is 48.8 Å². The number of carbonyl (C=O) groups is 6. The van der Waals surface area contributed by atoms with Crippen LogP contribution in [0.3, 0.4) is 0 Å². The predicted molar refractivity (Wildman–Crippen MR) is 341 cm³/mol. The van der Waals surface area contributed by atoms with Crippen LogP contribution >= 0.6 is 0 Å². The number of nitrogens with zero attached hydrogens (tertiary/aromatic N) is 6. The van der Waals surface area contributed by atoms with E-state index in [1.54, 1.807) is 0 Å². The molecule has 0 bridgehead atoms. The zero-order chi connectivity index (χ0) is 91.6. The van der Waals surface area contributed by atoms with Crippen molar-refractivity contribution in [3.63, 3.8) is 0 Å². The SMILES string of the molecule is O=C(Oc1c(F)c(F)cc(F)c1F)c1c(F)c(F)c([18F])c(F)c1F.O=C(Oc1c(F)c(F)cc(F)c1F)c1ccc([18F])cc1.O=C(Oc1c(F)c(F)cc(F)c1F)c1ccc([18F])nc1.O=C(Oc1c(F)c(F)cc(F)c1F)c1ccc([18F])nn1.O=C(Oc1c(F)c(F)cc(F)c1F)c1cnc([18F])cn1.O=C(Oc1ccc([N+](=O)[O-])cc1)c1cccc([18F])c1. The number of aromatic nitrogens is 5. The molecule has 12 aromatic rings. The molecule has 640 valence electrons. The first kappa shape index (κ1) is 94.6. The Morgan fingerprint density at radius 3 is 0.951 bits per heavy atom. The molecule has 123 heavy (non-hydrogen) atoms. The van der Waals surface area contributed by atoms with Gasteiger partial charge in [-0.05, 0) is 78.9 Å². The quantitative estimate of drug-likeness (QED) is 0.0152. The molecule has 0 spiro atoms. The zero-order valence-electron chi connectivity index (χ0n) is 58.1. The van der Waals surface area contributed by atoms with E-state index >= 15 is 0 Å². The van der Waals surface area contributed by atoms with E-state index in [9.17, 15) is 171 Å². The third-order valence-corrected chi connectivity index (χ3v) is 13.8. The topological polar surface area (TPSA) is 265 Å². The maximum atomic E-state index is 13.4. The Hall–Kier alpha value is -15.6. The van der Waals surface area contributed by atoms with Gasteiger partial charge in [0.15, 0.2) is 92.8 Å². The van der Waals surface area contributed by atoms with Crippen LogP contribution < -0.4 is 28.4 Å². The molecule has 0 fully saturated rings. The Kier molecular flexibility index (Phi) is 31.7. The Balaban J connectivity index is 0.000000203. The molecule has 12 rings (SSSR count). The molecule has 0 aliphatic rings. The van der Waals surface area contributed by atoms with E-state index in [4.69, 9.17) is 4.74 Å². The highest BCUT2D eigenvalue weighted by Gasteiger charge is 2.35. The fourth-order valence-corrected chi connectivity index (χ4v) is 8.07. The summed E-state index contributed by atoms with van der Waals surface area (Å²) in [6, 6.07) is 16.8. The third-order valence-electron chi connectivity index (χ3n) is 13.8. The van der Waals surface area contributed by atoms with Gasteiger partial charge in [0.25, 0.3) is 5.69 Å². The molecule has 3 heterocycles. The molecular formula is C73H24F30N6O14. The van der Waals surface area contributed by atoms with Crippen molar-refractivity contribution < 1.29 is 194 Å². The molecule has 0 aliphatic heterocycles. The van der Waals surface area contributed by atoms with Gasteiger partial charge in [-0.2, -0.15) is 57.1 Å². The first-order valence-electron chi connectivity index (χ1n) is 31.1. The van der Waals surface area contributed by atoms with Crippen LogP contribution in [-0.2, 0) is 0 Å². The van der Waals surface area contributed by atoms with Crippen molar-refractivity contribution in [1.29, 1.82) is 0 Å². The molecule has 0 amide bonds. The summed E-state index contributed by atoms with van der Waals surface area (Å²) in [5, 5.41) is 16.4. The van der Waals surface area contributed by atoms with E-state index in [0.29, 0.717) is 12.4 Å². The third kappa shape index (κ3) is 23.9. The lowest BCUT2D eigenvalue weighted by Gasteiger charge is -2.10. The first-order chi connectivity index (χ1) is 57.7. The lowest BCUT2D eigenvalue weighted by atomic mass is 10.1. The summed E-state index contributed by atoms with van der Waals surface area (Å²) in [6.07, 6.45) is 1.92. The number of hydrogen-bond acceptors (Lipinski definition) is 19. The fraction of sp³-hybridized carbons (Fsp3) is 0. The van der Waals surface area contributed by atoms with E-state index in [-0.39, 0.29) is 58.5 Å². The first-order valence-corrected chi connectivity index (χ1v) is 31.1. The second kappa shape index (κ2) is 41.2. The Morgan fingerprint density at radius 2 is 0.602 bits per heavy atom. The van der Waals surface area contributed by atoms with Gasteiger partial charge in [-0.25, -0.2) is 118 Å². The summed E-state index contributed by atoms with van der Waals surface area (Å²) in [7, 11) is 0. The van der Waals surface area contributed by atoms with Crippen molar-refractivity contribution in [1.82, 2.24) is 25.1 Å². The number of pyridine rings is 1. The lowest BCUT2D eigenvalue weighted by Crippen LogP contribution is -2.19. The van der Waals surface area contributed by atoms with Crippen LogP contribution in [-0.4, -0.2) is 65.9 Å². The minimum absolute atomic E-state index is 0.0140. The van der Waals surface area contributed by atoms with Crippen LogP contribution in [0.25, 0.3) is 0 Å². The Bertz CT molecular complexity index is 5440. The molecule has 0 saturated heterocycles. The van der Waals surface area contributed by atoms with Gasteiger partial charge in [0.1, 0.15) is 22.9 Å². The smallest absolute Gasteiger partial charge is 0.364 e. The number of esters is 6. The summed E-state index contributed by atoms with van der Waals surface area (Å²) in [5.74, 6) is -71.1. The zero-order valence-corrected chi connectivity index (χ0v) is 58.1. The largest absolute Gasteiger partial charge is 0.423 e. The van der Waals surface area contributed by atoms with E-state index < -0.39 is 261 Å². The molecule has 50 heteroatoms. The summed E-state index contributed by atoms with van der Waals surface area (Å²) >= 11 is 0. The number of ether oxygens (including phenoxy) is 6. The summed E-state index contributed by atoms with van der Waals surface area (Å²) in [6.45, 7) is 0. The highest BCUT2D eigenvalue weighted by Crippen LogP contribution is 2.34. The van der Waals surface area contributed by atoms with E-state index in [1.807, 2.05) is 0 Å². The minimum atomic E-state index is -2.62. The second-order valence-electron chi connectivity index (χ2n) is 21.9. The molecule has 0 aliphatic carbocycles. The highest BCUT2D eigenvalue weighted by molar-refractivity contribution is 5.93. The maximum absolute atomic E-state index is 13.4. The summed E-state index contributed by atoms with van der Waals surface area (Å²) in [4.78, 5) is 88.3. The Labute approximate surface area is 658 Å². The van der Waals surface area contributed by atoms with Crippen molar-refractivity contribution in [3.05, 3.63) is 365 Å². The van der Waals surface area contributed by atoms with Crippen molar-refractivity contribution in [2.75, 3.05) is 0 Å². The van der Waals surface area contributed by atoms with Gasteiger partial charge in [-0.15, -0.1) is 10.2 Å². The van der Waals surface area contributed by atoms with Gasteiger partial charge in [0.05, 0.1) is 34.0 Å². The average Bonchev–Trinajstić information content (AvgIpc) is 0.773. The number of nitro benzene ring substituents is 1. The van der Waals surface area contributed by atoms with Crippen LogP contribution in [0.15, 0.2) is 146 Å². The molecule has 0 radical (unpaired) electrons. The second-order valence-corrected chi connectivity index (χ2v) is 21.9. The van der Waals surface area contributed by atoms with Crippen molar-refractivity contribution in [2.45, 2.75) is 0 Å². The van der Waals surface area contributed by atoms with Gasteiger partial charge < -0.3 is 28.4 Å². The van der Waals surface area contributed by atoms with Gasteiger partial charge in [-0.1, -0.05) is 6.07 Å². The molecule has 0 N–H and O–H groups in total. The molecule has 9 aromatic carbocycles. The lowest BCUT2D eigenvalue weighted by molar-refractivity contribution is -0.384.